The molecule has 1 heterocycles. The van der Waals surface area contributed by atoms with Gasteiger partial charge in [-0.2, -0.15) is 0 Å². The summed E-state index contributed by atoms with van der Waals surface area (Å²) in [4.78, 5) is 36.5. The molecule has 7 nitrogen and oxygen atoms in total. The largest absolute Gasteiger partial charge is 0.326 e. The third-order valence-corrected chi connectivity index (χ3v) is 4.82. The summed E-state index contributed by atoms with van der Waals surface area (Å²) in [5.41, 5.74) is 1.85. The third-order valence-electron chi connectivity index (χ3n) is 3.82. The van der Waals surface area contributed by atoms with Crippen molar-refractivity contribution in [2.45, 2.75) is 13.3 Å². The second-order valence-electron chi connectivity index (χ2n) is 6.05. The average Bonchev–Trinajstić information content (AvgIpc) is 3.17. The standard InChI is InChI=1S/C21H20N4O3S/c1-2-18(26)22-15-9-6-10-16(13-15)23-20(27)17-11-12-19(29-17)25-21(28)24-14-7-4-3-5-8-14/h3-13H,2H2,1H3,(H,22,26)(H,23,27)(H2,24,25,28). The molecule has 0 aliphatic carbocycles. The molecule has 1 aromatic heterocycles. The molecular formula is C21H20N4O3S. The van der Waals surface area contributed by atoms with E-state index >= 15 is 0 Å². The molecule has 0 saturated carbocycles. The molecule has 29 heavy (non-hydrogen) atoms. The van der Waals surface area contributed by atoms with Crippen molar-refractivity contribution in [2.24, 2.45) is 0 Å². The van der Waals surface area contributed by atoms with Crippen LogP contribution in [0.15, 0.2) is 66.7 Å². The van der Waals surface area contributed by atoms with Gasteiger partial charge in [0.1, 0.15) is 0 Å². The number of carbonyl (C=O) groups is 3. The van der Waals surface area contributed by atoms with E-state index in [9.17, 15) is 14.4 Å². The van der Waals surface area contributed by atoms with E-state index in [-0.39, 0.29) is 17.8 Å². The van der Waals surface area contributed by atoms with Crippen LogP contribution >= 0.6 is 11.3 Å². The van der Waals surface area contributed by atoms with E-state index in [2.05, 4.69) is 21.3 Å². The summed E-state index contributed by atoms with van der Waals surface area (Å²) in [6, 6.07) is 18.9. The van der Waals surface area contributed by atoms with Gasteiger partial charge in [0.15, 0.2) is 0 Å². The zero-order valence-electron chi connectivity index (χ0n) is 15.7. The van der Waals surface area contributed by atoms with Gasteiger partial charge in [-0.1, -0.05) is 31.2 Å². The van der Waals surface area contributed by atoms with E-state index in [4.69, 9.17) is 0 Å². The van der Waals surface area contributed by atoms with Gasteiger partial charge in [-0.25, -0.2) is 4.79 Å². The topological polar surface area (TPSA) is 99.3 Å². The van der Waals surface area contributed by atoms with E-state index < -0.39 is 0 Å². The molecular weight excluding hydrogens is 388 g/mol. The first-order chi connectivity index (χ1) is 14.0. The van der Waals surface area contributed by atoms with E-state index in [1.54, 1.807) is 55.5 Å². The minimum atomic E-state index is -0.385. The minimum Gasteiger partial charge on any atom is -0.326 e. The van der Waals surface area contributed by atoms with Gasteiger partial charge in [0.25, 0.3) is 5.91 Å². The number of para-hydroxylation sites is 1. The highest BCUT2D eigenvalue weighted by Gasteiger charge is 2.12. The Labute approximate surface area is 172 Å². The molecule has 0 saturated heterocycles. The molecule has 3 rings (SSSR count). The van der Waals surface area contributed by atoms with Crippen LogP contribution in [0.2, 0.25) is 0 Å². The number of rotatable bonds is 6. The fourth-order valence-electron chi connectivity index (χ4n) is 2.44. The van der Waals surface area contributed by atoms with Crippen molar-refractivity contribution in [3.05, 3.63) is 71.6 Å². The van der Waals surface area contributed by atoms with Crippen molar-refractivity contribution >= 4 is 51.2 Å². The maximum atomic E-state index is 12.5. The van der Waals surface area contributed by atoms with Crippen LogP contribution in [0.1, 0.15) is 23.0 Å². The Morgan fingerprint density at radius 3 is 2.17 bits per heavy atom. The van der Waals surface area contributed by atoms with Crippen molar-refractivity contribution < 1.29 is 14.4 Å². The molecule has 0 unspecified atom stereocenters. The maximum absolute atomic E-state index is 12.5. The van der Waals surface area contributed by atoms with E-state index in [0.717, 1.165) is 11.3 Å². The predicted octanol–water partition coefficient (Wildman–Crippen LogP) is 4.99. The molecule has 4 N–H and O–H groups in total. The van der Waals surface area contributed by atoms with Crippen LogP contribution < -0.4 is 21.3 Å². The van der Waals surface area contributed by atoms with Gasteiger partial charge in [-0.3, -0.25) is 14.9 Å². The number of urea groups is 1. The molecule has 8 heteroatoms. The van der Waals surface area contributed by atoms with E-state index in [1.807, 2.05) is 18.2 Å². The van der Waals surface area contributed by atoms with Gasteiger partial charge in [0.2, 0.25) is 5.91 Å². The van der Waals surface area contributed by atoms with Crippen molar-refractivity contribution in [3.63, 3.8) is 0 Å². The summed E-state index contributed by atoms with van der Waals surface area (Å²) in [7, 11) is 0. The van der Waals surface area contributed by atoms with E-state index in [1.165, 1.54) is 0 Å². The lowest BCUT2D eigenvalue weighted by Crippen LogP contribution is -2.18. The number of thiophene rings is 1. The molecule has 0 aliphatic heterocycles. The third kappa shape index (κ3) is 5.91. The Kier molecular flexibility index (Phi) is 6.59. The number of carbonyl (C=O) groups excluding carboxylic acids is 3. The van der Waals surface area contributed by atoms with Crippen molar-refractivity contribution in [2.75, 3.05) is 21.3 Å². The highest BCUT2D eigenvalue weighted by molar-refractivity contribution is 7.18. The molecule has 0 radical (unpaired) electrons. The minimum absolute atomic E-state index is 0.101. The highest BCUT2D eigenvalue weighted by Crippen LogP contribution is 2.24. The van der Waals surface area contributed by atoms with Gasteiger partial charge in [-0.05, 0) is 42.5 Å². The predicted molar refractivity (Wildman–Crippen MR) is 117 cm³/mol. The summed E-state index contributed by atoms with van der Waals surface area (Å²) in [6.07, 6.45) is 0.374. The lowest BCUT2D eigenvalue weighted by atomic mass is 10.2. The summed E-state index contributed by atoms with van der Waals surface area (Å²) in [5, 5.41) is 11.5. The Morgan fingerprint density at radius 2 is 1.45 bits per heavy atom. The monoisotopic (exact) mass is 408 g/mol. The van der Waals surface area contributed by atoms with Crippen molar-refractivity contribution in [1.82, 2.24) is 0 Å². The van der Waals surface area contributed by atoms with Gasteiger partial charge in [0.05, 0.1) is 9.88 Å². The summed E-state index contributed by atoms with van der Waals surface area (Å²) >= 11 is 1.16. The smallest absolute Gasteiger partial charge is 0.324 e. The highest BCUT2D eigenvalue weighted by atomic mass is 32.1. The first-order valence-electron chi connectivity index (χ1n) is 8.97. The molecule has 148 valence electrons. The Hall–Kier alpha value is -3.65. The zero-order valence-corrected chi connectivity index (χ0v) is 16.5. The van der Waals surface area contributed by atoms with Gasteiger partial charge < -0.3 is 16.0 Å². The molecule has 0 aliphatic rings. The molecule has 3 aromatic rings. The quantitative estimate of drug-likeness (QED) is 0.462. The van der Waals surface area contributed by atoms with Gasteiger partial charge in [0, 0.05) is 23.5 Å². The lowest BCUT2D eigenvalue weighted by Gasteiger charge is -2.07. The second kappa shape index (κ2) is 9.52. The normalized spacial score (nSPS) is 10.1. The zero-order chi connectivity index (χ0) is 20.6. The number of hydrogen-bond acceptors (Lipinski definition) is 4. The van der Waals surface area contributed by atoms with Crippen LogP contribution in [-0.4, -0.2) is 17.8 Å². The summed E-state index contributed by atoms with van der Waals surface area (Å²) < 4.78 is 0. The second-order valence-corrected chi connectivity index (χ2v) is 7.13. The van der Waals surface area contributed by atoms with Crippen LogP contribution in [0.25, 0.3) is 0 Å². The number of amides is 4. The first kappa shape index (κ1) is 20.1. The Bertz CT molecular complexity index is 1020. The van der Waals surface area contributed by atoms with E-state index in [0.29, 0.717) is 33.4 Å². The number of anilines is 4. The van der Waals surface area contributed by atoms with Crippen LogP contribution in [-0.2, 0) is 4.79 Å². The summed E-state index contributed by atoms with van der Waals surface area (Å²) in [5.74, 6) is -0.401. The molecule has 4 amide bonds. The average molecular weight is 408 g/mol. The number of hydrogen-bond donors (Lipinski definition) is 4. The van der Waals surface area contributed by atoms with Crippen LogP contribution in [0, 0.1) is 0 Å². The Balaban J connectivity index is 1.58. The SMILES string of the molecule is CCC(=O)Nc1cccc(NC(=O)c2ccc(NC(=O)Nc3ccccc3)s2)c1. The number of nitrogens with one attached hydrogen (secondary N) is 4. The van der Waals surface area contributed by atoms with Crippen LogP contribution in [0.3, 0.4) is 0 Å². The molecule has 2 aromatic carbocycles. The number of benzene rings is 2. The molecule has 0 bridgehead atoms. The van der Waals surface area contributed by atoms with Crippen molar-refractivity contribution in [3.8, 4) is 0 Å². The van der Waals surface area contributed by atoms with Gasteiger partial charge in [-0.15, -0.1) is 11.3 Å². The van der Waals surface area contributed by atoms with Crippen LogP contribution in [0.4, 0.5) is 26.9 Å². The fraction of sp³-hybridized carbons (Fsp3) is 0.0952. The summed E-state index contributed by atoms with van der Waals surface area (Å²) in [6.45, 7) is 1.77. The maximum Gasteiger partial charge on any atom is 0.324 e. The van der Waals surface area contributed by atoms with Crippen molar-refractivity contribution in [1.29, 1.82) is 0 Å². The lowest BCUT2D eigenvalue weighted by molar-refractivity contribution is -0.115. The fourth-order valence-corrected chi connectivity index (χ4v) is 3.24. The first-order valence-corrected chi connectivity index (χ1v) is 9.79. The molecule has 0 atom stereocenters. The van der Waals surface area contributed by atoms with Gasteiger partial charge >= 0.3 is 6.03 Å². The van der Waals surface area contributed by atoms with Crippen LogP contribution in [0.5, 0.6) is 0 Å². The molecule has 0 spiro atoms. The molecule has 0 fully saturated rings. The Morgan fingerprint density at radius 1 is 0.759 bits per heavy atom.